The van der Waals surface area contributed by atoms with E-state index in [0.717, 1.165) is 28.2 Å². The Kier molecular flexibility index (Phi) is 3.99. The molecule has 0 aliphatic heterocycles. The summed E-state index contributed by atoms with van der Waals surface area (Å²) in [6, 6.07) is -0.125. The standard InChI is InChI=1S/C11H16ClN5S/c1-4-9-10(18-16-14-9)8(13)5-7-6(2)15-17(3)11(7)12/h8H,4-5,13H2,1-3H3. The minimum absolute atomic E-state index is 0.125. The van der Waals surface area contributed by atoms with Crippen LogP contribution in [-0.4, -0.2) is 19.4 Å². The predicted molar refractivity (Wildman–Crippen MR) is 72.9 cm³/mol. The van der Waals surface area contributed by atoms with E-state index in [2.05, 4.69) is 21.6 Å². The zero-order valence-corrected chi connectivity index (χ0v) is 12.2. The molecule has 2 heterocycles. The van der Waals surface area contributed by atoms with Crippen LogP contribution in [0, 0.1) is 6.92 Å². The molecule has 0 fully saturated rings. The first-order valence-electron chi connectivity index (χ1n) is 5.79. The van der Waals surface area contributed by atoms with Crippen molar-refractivity contribution in [1.29, 1.82) is 0 Å². The van der Waals surface area contributed by atoms with Crippen LogP contribution < -0.4 is 5.73 Å². The van der Waals surface area contributed by atoms with E-state index in [1.54, 1.807) is 4.68 Å². The van der Waals surface area contributed by atoms with Gasteiger partial charge in [-0.1, -0.05) is 23.0 Å². The molecule has 0 aliphatic rings. The van der Waals surface area contributed by atoms with Crippen LogP contribution in [0.5, 0.6) is 0 Å². The van der Waals surface area contributed by atoms with Crippen LogP contribution in [0.25, 0.3) is 0 Å². The van der Waals surface area contributed by atoms with E-state index in [1.807, 2.05) is 14.0 Å². The Labute approximate surface area is 115 Å². The first-order valence-corrected chi connectivity index (χ1v) is 6.94. The van der Waals surface area contributed by atoms with Crippen molar-refractivity contribution in [3.63, 3.8) is 0 Å². The first-order chi connectivity index (χ1) is 8.54. The number of aryl methyl sites for hydroxylation is 3. The van der Waals surface area contributed by atoms with Gasteiger partial charge in [0.05, 0.1) is 16.3 Å². The second-order valence-corrected chi connectivity index (χ2v) is 5.37. The van der Waals surface area contributed by atoms with E-state index in [9.17, 15) is 0 Å². The molecule has 2 aromatic rings. The fourth-order valence-corrected chi connectivity index (χ4v) is 2.95. The molecule has 2 rings (SSSR count). The van der Waals surface area contributed by atoms with E-state index >= 15 is 0 Å². The quantitative estimate of drug-likeness (QED) is 0.933. The third kappa shape index (κ3) is 2.41. The monoisotopic (exact) mass is 285 g/mol. The normalized spacial score (nSPS) is 12.9. The number of hydrogen-bond acceptors (Lipinski definition) is 5. The molecular formula is C11H16ClN5S. The highest BCUT2D eigenvalue weighted by molar-refractivity contribution is 7.05. The van der Waals surface area contributed by atoms with Crippen molar-refractivity contribution < 1.29 is 0 Å². The fraction of sp³-hybridized carbons (Fsp3) is 0.545. The van der Waals surface area contributed by atoms with Gasteiger partial charge in [0.1, 0.15) is 5.15 Å². The van der Waals surface area contributed by atoms with Crippen molar-refractivity contribution in [2.45, 2.75) is 32.7 Å². The molecular weight excluding hydrogens is 270 g/mol. The van der Waals surface area contributed by atoms with Crippen LogP contribution in [0.2, 0.25) is 5.15 Å². The lowest BCUT2D eigenvalue weighted by Gasteiger charge is -2.10. The van der Waals surface area contributed by atoms with Gasteiger partial charge in [-0.3, -0.25) is 4.68 Å². The lowest BCUT2D eigenvalue weighted by atomic mass is 10.0. The zero-order chi connectivity index (χ0) is 13.3. The summed E-state index contributed by atoms with van der Waals surface area (Å²) in [6.45, 7) is 3.99. The lowest BCUT2D eigenvalue weighted by Crippen LogP contribution is -2.14. The van der Waals surface area contributed by atoms with Crippen molar-refractivity contribution in [2.24, 2.45) is 12.8 Å². The molecule has 0 radical (unpaired) electrons. The molecule has 98 valence electrons. The van der Waals surface area contributed by atoms with E-state index in [-0.39, 0.29) is 6.04 Å². The van der Waals surface area contributed by atoms with Gasteiger partial charge in [0.15, 0.2) is 0 Å². The summed E-state index contributed by atoms with van der Waals surface area (Å²) in [7, 11) is 1.83. The molecule has 0 saturated carbocycles. The molecule has 7 heteroatoms. The Morgan fingerprint density at radius 1 is 1.50 bits per heavy atom. The summed E-state index contributed by atoms with van der Waals surface area (Å²) >= 11 is 7.57. The van der Waals surface area contributed by atoms with Gasteiger partial charge in [-0.2, -0.15) is 5.10 Å². The first kappa shape index (κ1) is 13.5. The van der Waals surface area contributed by atoms with Crippen molar-refractivity contribution in [2.75, 3.05) is 0 Å². The van der Waals surface area contributed by atoms with Crippen LogP contribution in [-0.2, 0) is 19.9 Å². The Hall–Kier alpha value is -0.980. The van der Waals surface area contributed by atoms with Gasteiger partial charge < -0.3 is 5.73 Å². The highest BCUT2D eigenvalue weighted by Crippen LogP contribution is 2.27. The number of rotatable bonds is 4. The van der Waals surface area contributed by atoms with Gasteiger partial charge in [-0.05, 0) is 31.3 Å². The van der Waals surface area contributed by atoms with E-state index in [0.29, 0.717) is 11.6 Å². The SMILES string of the molecule is CCc1nnsc1C(N)Cc1c(C)nn(C)c1Cl. The van der Waals surface area contributed by atoms with Crippen molar-refractivity contribution >= 4 is 23.1 Å². The summed E-state index contributed by atoms with van der Waals surface area (Å²) in [4.78, 5) is 1.04. The Balaban J connectivity index is 2.24. The van der Waals surface area contributed by atoms with Crippen LogP contribution in [0.3, 0.4) is 0 Å². The lowest BCUT2D eigenvalue weighted by molar-refractivity contribution is 0.718. The average Bonchev–Trinajstić information content (AvgIpc) is 2.90. The van der Waals surface area contributed by atoms with Gasteiger partial charge in [0.2, 0.25) is 0 Å². The molecule has 5 nitrogen and oxygen atoms in total. The molecule has 1 unspecified atom stereocenters. The molecule has 0 aromatic carbocycles. The Morgan fingerprint density at radius 2 is 2.22 bits per heavy atom. The van der Waals surface area contributed by atoms with Crippen molar-refractivity contribution in [1.82, 2.24) is 19.4 Å². The van der Waals surface area contributed by atoms with Gasteiger partial charge in [0, 0.05) is 18.7 Å². The van der Waals surface area contributed by atoms with Crippen LogP contribution in [0.15, 0.2) is 0 Å². The van der Waals surface area contributed by atoms with E-state index in [1.165, 1.54) is 11.5 Å². The summed E-state index contributed by atoms with van der Waals surface area (Å²) in [5, 5.41) is 9.02. The third-order valence-electron chi connectivity index (χ3n) is 2.95. The molecule has 1 atom stereocenters. The molecule has 0 saturated heterocycles. The maximum Gasteiger partial charge on any atom is 0.130 e. The molecule has 18 heavy (non-hydrogen) atoms. The topological polar surface area (TPSA) is 69.6 Å². The van der Waals surface area contributed by atoms with E-state index < -0.39 is 0 Å². The second-order valence-electron chi connectivity index (χ2n) is 4.23. The van der Waals surface area contributed by atoms with Crippen molar-refractivity contribution in [3.8, 4) is 0 Å². The number of aromatic nitrogens is 4. The van der Waals surface area contributed by atoms with Crippen LogP contribution in [0.1, 0.15) is 34.8 Å². The van der Waals surface area contributed by atoms with Gasteiger partial charge in [-0.15, -0.1) is 5.10 Å². The molecule has 2 aromatic heterocycles. The maximum absolute atomic E-state index is 6.23. The average molecular weight is 286 g/mol. The molecule has 0 spiro atoms. The van der Waals surface area contributed by atoms with Gasteiger partial charge in [-0.25, -0.2) is 0 Å². The highest BCUT2D eigenvalue weighted by atomic mass is 35.5. The maximum atomic E-state index is 6.23. The van der Waals surface area contributed by atoms with Crippen molar-refractivity contribution in [3.05, 3.63) is 27.0 Å². The number of nitrogens with two attached hydrogens (primary N) is 1. The largest absolute Gasteiger partial charge is 0.323 e. The molecule has 0 bridgehead atoms. The van der Waals surface area contributed by atoms with Crippen LogP contribution in [0.4, 0.5) is 0 Å². The summed E-state index contributed by atoms with van der Waals surface area (Å²) in [5.74, 6) is 0. The fourth-order valence-electron chi connectivity index (χ4n) is 1.96. The molecule has 2 N–H and O–H groups in total. The van der Waals surface area contributed by atoms with Gasteiger partial charge in [0.25, 0.3) is 0 Å². The van der Waals surface area contributed by atoms with Gasteiger partial charge >= 0.3 is 0 Å². The Bertz CT molecular complexity index is 548. The highest BCUT2D eigenvalue weighted by Gasteiger charge is 2.19. The summed E-state index contributed by atoms with van der Waals surface area (Å²) in [5.41, 5.74) is 9.13. The predicted octanol–water partition coefficient (Wildman–Crippen LogP) is 2.04. The molecule has 0 aliphatic carbocycles. The minimum atomic E-state index is -0.125. The minimum Gasteiger partial charge on any atom is -0.323 e. The number of hydrogen-bond donors (Lipinski definition) is 1. The summed E-state index contributed by atoms with van der Waals surface area (Å²) < 4.78 is 5.63. The Morgan fingerprint density at radius 3 is 2.78 bits per heavy atom. The second kappa shape index (κ2) is 5.34. The zero-order valence-electron chi connectivity index (χ0n) is 10.6. The number of nitrogens with zero attached hydrogens (tertiary/aromatic N) is 4. The van der Waals surface area contributed by atoms with E-state index in [4.69, 9.17) is 17.3 Å². The molecule has 0 amide bonds. The smallest absolute Gasteiger partial charge is 0.130 e. The van der Waals surface area contributed by atoms with Crippen LogP contribution >= 0.6 is 23.1 Å². The third-order valence-corrected chi connectivity index (χ3v) is 4.32. The number of halogens is 1. The summed E-state index contributed by atoms with van der Waals surface area (Å²) in [6.07, 6.45) is 1.51.